The molecule has 6 nitrogen and oxygen atoms in total. The van der Waals surface area contributed by atoms with Crippen LogP contribution in [0.2, 0.25) is 0 Å². The van der Waals surface area contributed by atoms with Crippen LogP contribution in [0.15, 0.2) is 72.8 Å². The number of ether oxygens (including phenoxy) is 2. The van der Waals surface area contributed by atoms with Crippen molar-refractivity contribution >= 4 is 17.5 Å². The van der Waals surface area contributed by atoms with Gasteiger partial charge in [-0.05, 0) is 30.3 Å². The Morgan fingerprint density at radius 3 is 2.28 bits per heavy atom. The molecule has 1 amide bonds. The fraction of sp³-hybridized carbons (Fsp3) is 0.192. The summed E-state index contributed by atoms with van der Waals surface area (Å²) < 4.78 is 11.5. The number of morpholine rings is 1. The molecule has 2 aliphatic rings. The molecule has 0 radical (unpaired) electrons. The molecule has 0 N–H and O–H groups in total. The molecule has 6 heteroatoms. The summed E-state index contributed by atoms with van der Waals surface area (Å²) in [6.45, 7) is 1.58. The van der Waals surface area contributed by atoms with Crippen molar-refractivity contribution in [2.75, 3.05) is 26.3 Å². The highest BCUT2D eigenvalue weighted by Crippen LogP contribution is 2.28. The quantitative estimate of drug-likeness (QED) is 0.499. The van der Waals surface area contributed by atoms with E-state index in [9.17, 15) is 14.4 Å². The third-order valence-corrected chi connectivity index (χ3v) is 5.78. The van der Waals surface area contributed by atoms with E-state index in [1.54, 1.807) is 47.4 Å². The van der Waals surface area contributed by atoms with Gasteiger partial charge in [-0.15, -0.1) is 0 Å². The molecule has 160 valence electrons. The standard InChI is InChI=1S/C26H21NO5/c28-24-20-8-4-5-9-21(20)25(29)23-14-17(10-11-22(23)24)26(30)27-12-13-31-19(15-27)16-32-18-6-2-1-3-7-18/h1-11,14,19H,12-13,15-16H2. The fourth-order valence-electron chi connectivity index (χ4n) is 4.13. The van der Waals surface area contributed by atoms with Crippen LogP contribution in [0.5, 0.6) is 5.75 Å². The van der Waals surface area contributed by atoms with E-state index in [1.807, 2.05) is 30.3 Å². The van der Waals surface area contributed by atoms with Gasteiger partial charge in [-0.1, -0.05) is 42.5 Å². The zero-order valence-corrected chi connectivity index (χ0v) is 17.3. The second-order valence-corrected chi connectivity index (χ2v) is 7.83. The van der Waals surface area contributed by atoms with E-state index < -0.39 is 0 Å². The van der Waals surface area contributed by atoms with E-state index in [4.69, 9.17) is 9.47 Å². The lowest BCUT2D eigenvalue weighted by atomic mass is 9.83. The first-order valence-corrected chi connectivity index (χ1v) is 10.5. The normalized spacial score (nSPS) is 17.5. The number of para-hydroxylation sites is 1. The first-order chi connectivity index (χ1) is 15.6. The molecule has 0 saturated carbocycles. The number of carbonyl (C=O) groups excluding carboxylic acids is 3. The minimum Gasteiger partial charge on any atom is -0.491 e. The lowest BCUT2D eigenvalue weighted by Gasteiger charge is -2.33. The van der Waals surface area contributed by atoms with Crippen LogP contribution in [-0.4, -0.2) is 54.8 Å². The van der Waals surface area contributed by atoms with Gasteiger partial charge in [0.2, 0.25) is 0 Å². The summed E-state index contributed by atoms with van der Waals surface area (Å²) >= 11 is 0. The number of carbonyl (C=O) groups is 3. The Balaban J connectivity index is 1.32. The first kappa shape index (κ1) is 20.2. The molecule has 3 aromatic carbocycles. The first-order valence-electron chi connectivity index (χ1n) is 10.5. The van der Waals surface area contributed by atoms with Gasteiger partial charge in [-0.25, -0.2) is 0 Å². The number of benzene rings is 3. The number of fused-ring (bicyclic) bond motifs is 2. The molecule has 1 atom stereocenters. The van der Waals surface area contributed by atoms with Gasteiger partial charge in [0.05, 0.1) is 13.2 Å². The van der Waals surface area contributed by atoms with Crippen LogP contribution < -0.4 is 4.74 Å². The lowest BCUT2D eigenvalue weighted by molar-refractivity contribution is -0.0401. The molecule has 1 aliphatic carbocycles. The monoisotopic (exact) mass is 427 g/mol. The van der Waals surface area contributed by atoms with Gasteiger partial charge in [-0.3, -0.25) is 14.4 Å². The summed E-state index contributed by atoms with van der Waals surface area (Å²) in [7, 11) is 0. The van der Waals surface area contributed by atoms with Crippen molar-refractivity contribution in [2.45, 2.75) is 6.10 Å². The van der Waals surface area contributed by atoms with E-state index in [0.29, 0.717) is 48.6 Å². The van der Waals surface area contributed by atoms with E-state index in [1.165, 1.54) is 0 Å². The number of hydrogen-bond acceptors (Lipinski definition) is 5. The zero-order chi connectivity index (χ0) is 22.1. The highest BCUT2D eigenvalue weighted by atomic mass is 16.5. The molecule has 5 rings (SSSR count). The average molecular weight is 427 g/mol. The predicted octanol–water partition coefficient (Wildman–Crippen LogP) is 3.38. The van der Waals surface area contributed by atoms with Gasteiger partial charge in [0.15, 0.2) is 11.6 Å². The van der Waals surface area contributed by atoms with Gasteiger partial charge in [0.25, 0.3) is 5.91 Å². The average Bonchev–Trinajstić information content (AvgIpc) is 2.86. The van der Waals surface area contributed by atoms with Crippen molar-refractivity contribution in [3.05, 3.63) is 101 Å². The predicted molar refractivity (Wildman–Crippen MR) is 117 cm³/mol. The minimum absolute atomic E-state index is 0.195. The topological polar surface area (TPSA) is 72.9 Å². The fourth-order valence-corrected chi connectivity index (χ4v) is 4.13. The Morgan fingerprint density at radius 2 is 1.53 bits per heavy atom. The van der Waals surface area contributed by atoms with Gasteiger partial charge in [0.1, 0.15) is 18.5 Å². The van der Waals surface area contributed by atoms with Crippen molar-refractivity contribution in [3.63, 3.8) is 0 Å². The highest BCUT2D eigenvalue weighted by Gasteiger charge is 2.31. The summed E-state index contributed by atoms with van der Waals surface area (Å²) in [6, 6.07) is 21.0. The minimum atomic E-state index is -0.249. The molecule has 0 spiro atoms. The van der Waals surface area contributed by atoms with E-state index >= 15 is 0 Å². The molecule has 0 aromatic heterocycles. The molecule has 0 bridgehead atoms. The van der Waals surface area contributed by atoms with E-state index in [2.05, 4.69) is 0 Å². The maximum atomic E-state index is 13.2. The molecule has 1 unspecified atom stereocenters. The van der Waals surface area contributed by atoms with Gasteiger partial charge in [-0.2, -0.15) is 0 Å². The van der Waals surface area contributed by atoms with Crippen molar-refractivity contribution in [1.29, 1.82) is 0 Å². The molecule has 1 heterocycles. The highest BCUT2D eigenvalue weighted by molar-refractivity contribution is 6.28. The largest absolute Gasteiger partial charge is 0.491 e. The number of ketones is 2. The Hall–Kier alpha value is -3.77. The smallest absolute Gasteiger partial charge is 0.254 e. The van der Waals surface area contributed by atoms with Gasteiger partial charge in [0, 0.05) is 34.4 Å². The van der Waals surface area contributed by atoms with Crippen LogP contribution in [0.25, 0.3) is 0 Å². The van der Waals surface area contributed by atoms with Crippen LogP contribution in [0.4, 0.5) is 0 Å². The third-order valence-electron chi connectivity index (χ3n) is 5.78. The Kier molecular flexibility index (Phi) is 5.29. The Morgan fingerprint density at radius 1 is 0.875 bits per heavy atom. The molecule has 1 aliphatic heterocycles. The van der Waals surface area contributed by atoms with E-state index in [0.717, 1.165) is 5.75 Å². The summed E-state index contributed by atoms with van der Waals surface area (Å²) in [4.78, 5) is 40.6. The van der Waals surface area contributed by atoms with Crippen LogP contribution in [0, 0.1) is 0 Å². The van der Waals surface area contributed by atoms with Crippen LogP contribution in [0.3, 0.4) is 0 Å². The lowest BCUT2D eigenvalue weighted by Crippen LogP contribution is -2.47. The summed E-state index contributed by atoms with van der Waals surface area (Å²) in [6.07, 6.45) is -0.249. The summed E-state index contributed by atoms with van der Waals surface area (Å²) in [5.74, 6) is 0.122. The molecule has 1 fully saturated rings. The number of amides is 1. The van der Waals surface area contributed by atoms with Crippen LogP contribution >= 0.6 is 0 Å². The third kappa shape index (κ3) is 3.69. The van der Waals surface area contributed by atoms with Crippen molar-refractivity contribution in [2.24, 2.45) is 0 Å². The van der Waals surface area contributed by atoms with Gasteiger partial charge >= 0.3 is 0 Å². The van der Waals surface area contributed by atoms with Crippen molar-refractivity contribution in [3.8, 4) is 5.75 Å². The van der Waals surface area contributed by atoms with Gasteiger partial charge < -0.3 is 14.4 Å². The number of hydrogen-bond donors (Lipinski definition) is 0. The Bertz CT molecular complexity index is 1200. The molecular formula is C26H21NO5. The van der Waals surface area contributed by atoms with Crippen molar-refractivity contribution in [1.82, 2.24) is 4.90 Å². The van der Waals surface area contributed by atoms with Crippen LogP contribution in [0.1, 0.15) is 42.2 Å². The summed E-state index contributed by atoms with van der Waals surface area (Å²) in [5, 5.41) is 0. The number of rotatable bonds is 4. The zero-order valence-electron chi connectivity index (χ0n) is 17.3. The molecule has 1 saturated heterocycles. The maximum Gasteiger partial charge on any atom is 0.254 e. The van der Waals surface area contributed by atoms with E-state index in [-0.39, 0.29) is 29.1 Å². The van der Waals surface area contributed by atoms with Crippen LogP contribution in [-0.2, 0) is 4.74 Å². The second-order valence-electron chi connectivity index (χ2n) is 7.83. The Labute approximate surface area is 185 Å². The SMILES string of the molecule is O=C1c2ccccc2C(=O)c2cc(C(=O)N3CCOC(COc4ccccc4)C3)ccc21. The molecule has 32 heavy (non-hydrogen) atoms. The molecular weight excluding hydrogens is 406 g/mol. The molecule has 3 aromatic rings. The maximum absolute atomic E-state index is 13.2. The summed E-state index contributed by atoms with van der Waals surface area (Å²) in [5.41, 5.74) is 1.77. The number of nitrogens with zero attached hydrogens (tertiary/aromatic N) is 1. The second kappa shape index (κ2) is 8.40. The van der Waals surface area contributed by atoms with Crippen molar-refractivity contribution < 1.29 is 23.9 Å².